The van der Waals surface area contributed by atoms with E-state index >= 15 is 0 Å². The van der Waals surface area contributed by atoms with Crippen LogP contribution in [-0.2, 0) is 22.7 Å². The van der Waals surface area contributed by atoms with Crippen molar-refractivity contribution in [2.45, 2.75) is 26.1 Å². The molecule has 0 fully saturated rings. The summed E-state index contributed by atoms with van der Waals surface area (Å²) in [5.74, 6) is 0.0208. The molecule has 0 aliphatic heterocycles. The average molecular weight is 326 g/mol. The minimum atomic E-state index is 0.0208. The molecule has 2 aromatic rings. The fourth-order valence-corrected chi connectivity index (χ4v) is 2.63. The van der Waals surface area contributed by atoms with Gasteiger partial charge in [0.2, 0.25) is 5.91 Å². The van der Waals surface area contributed by atoms with Gasteiger partial charge >= 0.3 is 0 Å². The van der Waals surface area contributed by atoms with Crippen molar-refractivity contribution < 1.29 is 9.53 Å². The van der Waals surface area contributed by atoms with Crippen molar-refractivity contribution in [3.05, 3.63) is 71.3 Å². The number of benzene rings is 2. The summed E-state index contributed by atoms with van der Waals surface area (Å²) in [6.45, 7) is 3.54. The Balaban J connectivity index is 1.87. The quantitative estimate of drug-likeness (QED) is 0.810. The van der Waals surface area contributed by atoms with Crippen LogP contribution >= 0.6 is 0 Å². The number of rotatable bonds is 8. The Morgan fingerprint density at radius 3 is 2.38 bits per heavy atom. The molecule has 128 valence electrons. The second-order valence-corrected chi connectivity index (χ2v) is 5.98. The van der Waals surface area contributed by atoms with Gasteiger partial charge in [0, 0.05) is 19.7 Å². The van der Waals surface area contributed by atoms with Gasteiger partial charge in [-0.2, -0.15) is 0 Å². The summed E-state index contributed by atoms with van der Waals surface area (Å²) in [7, 11) is 3.64. The Labute approximate surface area is 144 Å². The van der Waals surface area contributed by atoms with Crippen molar-refractivity contribution in [1.82, 2.24) is 10.2 Å². The number of carbonyl (C=O) groups excluding carboxylic acids is 1. The number of hydrogen-bond donors (Lipinski definition) is 1. The molecule has 0 aliphatic rings. The van der Waals surface area contributed by atoms with Gasteiger partial charge in [0.15, 0.2) is 0 Å². The maximum atomic E-state index is 12.2. The first-order valence-electron chi connectivity index (χ1n) is 8.19. The van der Waals surface area contributed by atoms with Gasteiger partial charge in [0.1, 0.15) is 0 Å². The standard InChI is InChI=1S/C20H26N2O2/c1-16(17-9-5-4-6-10-17)22(2)14-20(23)21-13-18-11-7-8-12-19(18)15-24-3/h4-12,16H,13-15H2,1-3H3,(H,21,23). The van der Waals surface area contributed by atoms with Crippen LogP contribution in [-0.4, -0.2) is 31.5 Å². The third kappa shape index (κ3) is 5.18. The molecule has 1 N–H and O–H groups in total. The highest BCUT2D eigenvalue weighted by Crippen LogP contribution is 2.17. The summed E-state index contributed by atoms with van der Waals surface area (Å²) >= 11 is 0. The van der Waals surface area contributed by atoms with E-state index in [4.69, 9.17) is 4.74 Å². The molecule has 4 nitrogen and oxygen atoms in total. The van der Waals surface area contributed by atoms with E-state index in [9.17, 15) is 4.79 Å². The number of methoxy groups -OCH3 is 1. The van der Waals surface area contributed by atoms with Crippen molar-refractivity contribution in [2.24, 2.45) is 0 Å². The Bertz CT molecular complexity index is 643. The van der Waals surface area contributed by atoms with Crippen LogP contribution in [0.5, 0.6) is 0 Å². The zero-order valence-electron chi connectivity index (χ0n) is 14.7. The average Bonchev–Trinajstić information content (AvgIpc) is 2.61. The Kier molecular flexibility index (Phi) is 6.97. The minimum Gasteiger partial charge on any atom is -0.380 e. The molecule has 0 spiro atoms. The summed E-state index contributed by atoms with van der Waals surface area (Å²) in [5, 5.41) is 3.00. The van der Waals surface area contributed by atoms with Crippen LogP contribution in [0.2, 0.25) is 0 Å². The first kappa shape index (κ1) is 18.2. The van der Waals surface area contributed by atoms with Gasteiger partial charge < -0.3 is 10.1 Å². The van der Waals surface area contributed by atoms with Crippen molar-refractivity contribution in [3.8, 4) is 0 Å². The summed E-state index contributed by atoms with van der Waals surface area (Å²) < 4.78 is 5.20. The number of nitrogens with zero attached hydrogens (tertiary/aromatic N) is 1. The van der Waals surface area contributed by atoms with Crippen LogP contribution in [0.15, 0.2) is 54.6 Å². The lowest BCUT2D eigenvalue weighted by molar-refractivity contribution is -0.122. The van der Waals surface area contributed by atoms with Gasteiger partial charge in [-0.1, -0.05) is 54.6 Å². The lowest BCUT2D eigenvalue weighted by Gasteiger charge is -2.24. The molecule has 0 aliphatic carbocycles. The number of likely N-dealkylation sites (N-methyl/N-ethyl adjacent to an activating group) is 1. The monoisotopic (exact) mass is 326 g/mol. The van der Waals surface area contributed by atoms with Gasteiger partial charge in [-0.05, 0) is 30.7 Å². The fourth-order valence-electron chi connectivity index (χ4n) is 2.63. The molecule has 1 amide bonds. The highest BCUT2D eigenvalue weighted by atomic mass is 16.5. The SMILES string of the molecule is COCc1ccccc1CNC(=O)CN(C)C(C)c1ccccc1. The predicted molar refractivity (Wildman–Crippen MR) is 96.5 cm³/mol. The topological polar surface area (TPSA) is 41.6 Å². The molecule has 4 heteroatoms. The number of amides is 1. The third-order valence-corrected chi connectivity index (χ3v) is 4.23. The van der Waals surface area contributed by atoms with E-state index in [0.29, 0.717) is 19.7 Å². The van der Waals surface area contributed by atoms with Crippen LogP contribution < -0.4 is 5.32 Å². The maximum absolute atomic E-state index is 12.2. The van der Waals surface area contributed by atoms with Crippen molar-refractivity contribution in [2.75, 3.05) is 20.7 Å². The fraction of sp³-hybridized carbons (Fsp3) is 0.350. The van der Waals surface area contributed by atoms with Crippen LogP contribution in [0, 0.1) is 0 Å². The smallest absolute Gasteiger partial charge is 0.234 e. The van der Waals surface area contributed by atoms with E-state index in [1.165, 1.54) is 5.56 Å². The Hall–Kier alpha value is -2.17. The molecule has 2 aromatic carbocycles. The van der Waals surface area contributed by atoms with Crippen LogP contribution in [0.25, 0.3) is 0 Å². The van der Waals surface area contributed by atoms with Crippen LogP contribution in [0.3, 0.4) is 0 Å². The highest BCUT2D eigenvalue weighted by molar-refractivity contribution is 5.78. The van der Waals surface area contributed by atoms with Gasteiger partial charge in [-0.3, -0.25) is 9.69 Å². The molecule has 0 saturated carbocycles. The molecule has 2 rings (SSSR count). The van der Waals surface area contributed by atoms with Crippen LogP contribution in [0.1, 0.15) is 29.7 Å². The highest BCUT2D eigenvalue weighted by Gasteiger charge is 2.14. The zero-order valence-corrected chi connectivity index (χ0v) is 14.7. The van der Waals surface area contributed by atoms with Gasteiger partial charge in [0.05, 0.1) is 13.2 Å². The van der Waals surface area contributed by atoms with Crippen molar-refractivity contribution in [3.63, 3.8) is 0 Å². The second kappa shape index (κ2) is 9.21. The van der Waals surface area contributed by atoms with E-state index in [2.05, 4.69) is 24.4 Å². The van der Waals surface area contributed by atoms with Crippen molar-refractivity contribution in [1.29, 1.82) is 0 Å². The van der Waals surface area contributed by atoms with Gasteiger partial charge in [-0.25, -0.2) is 0 Å². The molecule has 1 atom stereocenters. The molecule has 0 heterocycles. The predicted octanol–water partition coefficient (Wildman–Crippen LogP) is 3.14. The van der Waals surface area contributed by atoms with E-state index < -0.39 is 0 Å². The lowest BCUT2D eigenvalue weighted by Crippen LogP contribution is -2.36. The Morgan fingerprint density at radius 2 is 1.71 bits per heavy atom. The van der Waals surface area contributed by atoms with Gasteiger partial charge in [-0.15, -0.1) is 0 Å². The zero-order chi connectivity index (χ0) is 17.4. The number of nitrogens with one attached hydrogen (secondary N) is 1. The molecule has 0 saturated heterocycles. The maximum Gasteiger partial charge on any atom is 0.234 e. The minimum absolute atomic E-state index is 0.0208. The second-order valence-electron chi connectivity index (χ2n) is 5.98. The molecule has 0 bridgehead atoms. The normalized spacial score (nSPS) is 12.2. The van der Waals surface area contributed by atoms with Gasteiger partial charge in [0.25, 0.3) is 0 Å². The van der Waals surface area contributed by atoms with Crippen LogP contribution in [0.4, 0.5) is 0 Å². The number of carbonyl (C=O) groups is 1. The largest absolute Gasteiger partial charge is 0.380 e. The summed E-state index contributed by atoms with van der Waals surface area (Å²) in [5.41, 5.74) is 3.40. The molecule has 1 unspecified atom stereocenters. The molecule has 0 aromatic heterocycles. The summed E-state index contributed by atoms with van der Waals surface area (Å²) in [6.07, 6.45) is 0. The first-order chi connectivity index (χ1) is 11.6. The van der Waals surface area contributed by atoms with Crippen molar-refractivity contribution >= 4 is 5.91 Å². The number of ether oxygens (including phenoxy) is 1. The summed E-state index contributed by atoms with van der Waals surface area (Å²) in [6, 6.07) is 18.4. The van der Waals surface area contributed by atoms with E-state index in [-0.39, 0.29) is 11.9 Å². The van der Waals surface area contributed by atoms with E-state index in [1.807, 2.05) is 54.4 Å². The number of hydrogen-bond acceptors (Lipinski definition) is 3. The first-order valence-corrected chi connectivity index (χ1v) is 8.19. The lowest BCUT2D eigenvalue weighted by atomic mass is 10.1. The molecule has 0 radical (unpaired) electrons. The van der Waals surface area contributed by atoms with E-state index in [1.54, 1.807) is 7.11 Å². The molecule has 24 heavy (non-hydrogen) atoms. The Morgan fingerprint density at radius 1 is 1.08 bits per heavy atom. The summed E-state index contributed by atoms with van der Waals surface area (Å²) in [4.78, 5) is 14.3. The third-order valence-electron chi connectivity index (χ3n) is 4.23. The van der Waals surface area contributed by atoms with E-state index in [0.717, 1.165) is 11.1 Å². The molecular weight excluding hydrogens is 300 g/mol. The molecular formula is C20H26N2O2.